The van der Waals surface area contributed by atoms with Crippen LogP contribution in [0.2, 0.25) is 0 Å². The molecule has 0 saturated heterocycles. The Hall–Kier alpha value is -2.51. The van der Waals surface area contributed by atoms with Crippen LogP contribution in [0, 0.1) is 6.92 Å². The van der Waals surface area contributed by atoms with Crippen LogP contribution in [0.3, 0.4) is 0 Å². The van der Waals surface area contributed by atoms with Crippen LogP contribution in [0.4, 0.5) is 19.0 Å². The van der Waals surface area contributed by atoms with E-state index in [0.29, 0.717) is 5.56 Å². The van der Waals surface area contributed by atoms with Gasteiger partial charge in [0.15, 0.2) is 6.04 Å². The molecule has 5 nitrogen and oxygen atoms in total. The van der Waals surface area contributed by atoms with E-state index in [-0.39, 0.29) is 17.8 Å². The summed E-state index contributed by atoms with van der Waals surface area (Å²) in [5, 5.41) is 6.67. The fraction of sp³-hybridized carbons (Fsp3) is 0.333. The normalized spacial score (nSPS) is 20.7. The first kappa shape index (κ1) is 15.4. The molecule has 0 bridgehead atoms. The van der Waals surface area contributed by atoms with Crippen LogP contribution in [0.5, 0.6) is 0 Å². The SMILES string of the molecule is Cc1ccc([C@@H]2C[C@@H](C(F)(F)F)n3ncc(C(N)=O)c3N2)cc1. The number of rotatable bonds is 2. The molecule has 2 aromatic rings. The number of amides is 1. The zero-order valence-corrected chi connectivity index (χ0v) is 12.3. The Labute approximate surface area is 130 Å². The molecule has 8 heteroatoms. The smallest absolute Gasteiger partial charge is 0.365 e. The third-order valence-corrected chi connectivity index (χ3v) is 3.98. The number of nitrogens with one attached hydrogen (secondary N) is 1. The minimum absolute atomic E-state index is 0.0108. The Balaban J connectivity index is 2.05. The maximum Gasteiger partial charge on any atom is 0.410 e. The minimum Gasteiger partial charge on any atom is -0.365 e. The van der Waals surface area contributed by atoms with Crippen molar-refractivity contribution < 1.29 is 18.0 Å². The van der Waals surface area contributed by atoms with Crippen molar-refractivity contribution >= 4 is 11.7 Å². The molecule has 3 rings (SSSR count). The van der Waals surface area contributed by atoms with Crippen molar-refractivity contribution in [3.63, 3.8) is 0 Å². The number of fused-ring (bicyclic) bond motifs is 1. The van der Waals surface area contributed by atoms with Crippen molar-refractivity contribution in [3.8, 4) is 0 Å². The molecule has 0 aliphatic carbocycles. The molecule has 0 radical (unpaired) electrons. The molecule has 122 valence electrons. The first-order valence-electron chi connectivity index (χ1n) is 7.04. The van der Waals surface area contributed by atoms with Crippen LogP contribution in [0.25, 0.3) is 0 Å². The molecule has 0 saturated carbocycles. The molecule has 2 heterocycles. The van der Waals surface area contributed by atoms with E-state index in [1.807, 2.05) is 19.1 Å². The zero-order chi connectivity index (χ0) is 16.8. The van der Waals surface area contributed by atoms with E-state index in [1.54, 1.807) is 12.1 Å². The summed E-state index contributed by atoms with van der Waals surface area (Å²) < 4.78 is 40.9. The van der Waals surface area contributed by atoms with Gasteiger partial charge < -0.3 is 11.1 Å². The van der Waals surface area contributed by atoms with Crippen molar-refractivity contribution in [2.24, 2.45) is 5.73 Å². The predicted molar refractivity (Wildman–Crippen MR) is 78.0 cm³/mol. The lowest BCUT2D eigenvalue weighted by Gasteiger charge is -2.34. The lowest BCUT2D eigenvalue weighted by Crippen LogP contribution is -2.36. The lowest BCUT2D eigenvalue weighted by atomic mass is 9.96. The van der Waals surface area contributed by atoms with Crippen LogP contribution >= 0.6 is 0 Å². The molecule has 0 fully saturated rings. The lowest BCUT2D eigenvalue weighted by molar-refractivity contribution is -0.173. The van der Waals surface area contributed by atoms with Crippen molar-refractivity contribution in [2.75, 3.05) is 5.32 Å². The molecule has 1 amide bonds. The number of aromatic nitrogens is 2. The highest BCUT2D eigenvalue weighted by Gasteiger charge is 2.47. The summed E-state index contributed by atoms with van der Waals surface area (Å²) in [6.07, 6.45) is -3.61. The number of carbonyl (C=O) groups excluding carboxylic acids is 1. The van der Waals surface area contributed by atoms with Gasteiger partial charge in [0.05, 0.1) is 12.2 Å². The first-order valence-corrected chi connectivity index (χ1v) is 7.04. The zero-order valence-electron chi connectivity index (χ0n) is 12.3. The quantitative estimate of drug-likeness (QED) is 0.892. The molecule has 1 aromatic carbocycles. The number of benzene rings is 1. The predicted octanol–water partition coefficient (Wildman–Crippen LogP) is 2.95. The number of carbonyl (C=O) groups is 1. The Morgan fingerprint density at radius 1 is 1.35 bits per heavy atom. The van der Waals surface area contributed by atoms with Gasteiger partial charge in [-0.15, -0.1) is 0 Å². The topological polar surface area (TPSA) is 72.9 Å². The van der Waals surface area contributed by atoms with Gasteiger partial charge in [-0.05, 0) is 12.5 Å². The largest absolute Gasteiger partial charge is 0.410 e. The molecular weight excluding hydrogens is 309 g/mol. The number of alkyl halides is 3. The summed E-state index contributed by atoms with van der Waals surface area (Å²) in [5.41, 5.74) is 6.91. The molecule has 0 spiro atoms. The summed E-state index contributed by atoms with van der Waals surface area (Å²) in [5.74, 6) is -0.805. The number of nitrogens with two attached hydrogens (primary N) is 1. The third kappa shape index (κ3) is 2.76. The Bertz CT molecular complexity index is 736. The summed E-state index contributed by atoms with van der Waals surface area (Å²) in [6.45, 7) is 1.90. The summed E-state index contributed by atoms with van der Waals surface area (Å²) in [7, 11) is 0. The standard InChI is InChI=1S/C15H15F3N4O/c1-8-2-4-9(5-3-8)11-6-12(15(16,17)18)22-14(21-11)10(7-20-22)13(19)23/h2-5,7,11-12,21H,6H2,1H3,(H2,19,23)/t11-,12-/m0/s1. The maximum atomic E-state index is 13.4. The number of hydrogen-bond acceptors (Lipinski definition) is 3. The third-order valence-electron chi connectivity index (χ3n) is 3.98. The molecule has 0 unspecified atom stereocenters. The van der Waals surface area contributed by atoms with E-state index >= 15 is 0 Å². The van der Waals surface area contributed by atoms with Gasteiger partial charge in [0.2, 0.25) is 0 Å². The first-order chi connectivity index (χ1) is 10.8. The highest BCUT2D eigenvalue weighted by atomic mass is 19.4. The van der Waals surface area contributed by atoms with Gasteiger partial charge >= 0.3 is 6.18 Å². The second-order valence-corrected chi connectivity index (χ2v) is 5.62. The maximum absolute atomic E-state index is 13.4. The summed E-state index contributed by atoms with van der Waals surface area (Å²) in [4.78, 5) is 11.4. The molecule has 1 aliphatic rings. The van der Waals surface area contributed by atoms with Crippen LogP contribution < -0.4 is 11.1 Å². The van der Waals surface area contributed by atoms with Gasteiger partial charge in [0.25, 0.3) is 5.91 Å². The van der Waals surface area contributed by atoms with Gasteiger partial charge in [0.1, 0.15) is 11.4 Å². The van der Waals surface area contributed by atoms with Gasteiger partial charge in [-0.2, -0.15) is 18.3 Å². The van der Waals surface area contributed by atoms with Crippen LogP contribution in [0.15, 0.2) is 30.5 Å². The van der Waals surface area contributed by atoms with Gasteiger partial charge in [0, 0.05) is 6.42 Å². The van der Waals surface area contributed by atoms with E-state index < -0.39 is 24.2 Å². The highest BCUT2D eigenvalue weighted by Crippen LogP contribution is 2.44. The van der Waals surface area contributed by atoms with Gasteiger partial charge in [-0.3, -0.25) is 4.79 Å². The molecule has 1 aliphatic heterocycles. The average molecular weight is 324 g/mol. The van der Waals surface area contributed by atoms with E-state index in [1.165, 1.54) is 0 Å². The molecule has 3 N–H and O–H groups in total. The molecule has 1 aromatic heterocycles. The van der Waals surface area contributed by atoms with E-state index in [4.69, 9.17) is 5.73 Å². The number of primary amides is 1. The average Bonchev–Trinajstić information content (AvgIpc) is 2.89. The molecular formula is C15H15F3N4O. The molecule has 23 heavy (non-hydrogen) atoms. The highest BCUT2D eigenvalue weighted by molar-refractivity contribution is 5.97. The van der Waals surface area contributed by atoms with Crippen molar-refractivity contribution in [3.05, 3.63) is 47.2 Å². The Morgan fingerprint density at radius 3 is 2.57 bits per heavy atom. The number of hydrogen-bond donors (Lipinski definition) is 2. The van der Waals surface area contributed by atoms with Crippen LogP contribution in [-0.2, 0) is 0 Å². The van der Waals surface area contributed by atoms with E-state index in [9.17, 15) is 18.0 Å². The fourth-order valence-corrected chi connectivity index (χ4v) is 2.76. The molecule has 2 atom stereocenters. The van der Waals surface area contributed by atoms with E-state index in [2.05, 4.69) is 10.4 Å². The van der Waals surface area contributed by atoms with Crippen molar-refractivity contribution in [1.82, 2.24) is 9.78 Å². The second-order valence-electron chi connectivity index (χ2n) is 5.62. The van der Waals surface area contributed by atoms with Gasteiger partial charge in [-0.1, -0.05) is 29.8 Å². The van der Waals surface area contributed by atoms with Gasteiger partial charge in [-0.25, -0.2) is 4.68 Å². The second kappa shape index (κ2) is 5.29. The monoisotopic (exact) mass is 324 g/mol. The Morgan fingerprint density at radius 2 is 2.00 bits per heavy atom. The summed E-state index contributed by atoms with van der Waals surface area (Å²) in [6, 6.07) is 4.83. The van der Waals surface area contributed by atoms with Crippen molar-refractivity contribution in [2.45, 2.75) is 31.6 Å². The Kier molecular flexibility index (Phi) is 3.54. The number of aryl methyl sites for hydroxylation is 1. The number of halogens is 3. The van der Waals surface area contributed by atoms with E-state index in [0.717, 1.165) is 16.4 Å². The summed E-state index contributed by atoms with van der Waals surface area (Å²) >= 11 is 0. The van der Waals surface area contributed by atoms with Crippen LogP contribution in [0.1, 0.15) is 40.0 Å². The number of nitrogens with zero attached hydrogens (tertiary/aromatic N) is 2. The van der Waals surface area contributed by atoms with Crippen LogP contribution in [-0.4, -0.2) is 21.9 Å². The fourth-order valence-electron chi connectivity index (χ4n) is 2.76. The number of anilines is 1. The van der Waals surface area contributed by atoms with Crippen molar-refractivity contribution in [1.29, 1.82) is 0 Å². The minimum atomic E-state index is -4.47.